The molecule has 0 fully saturated rings. The van der Waals surface area contributed by atoms with Crippen LogP contribution in [0.25, 0.3) is 0 Å². The van der Waals surface area contributed by atoms with Crippen molar-refractivity contribution in [2.45, 2.75) is 10.6 Å². The third-order valence-corrected chi connectivity index (χ3v) is 5.04. The molecule has 0 saturated heterocycles. The average Bonchev–Trinajstić information content (AvgIpc) is 2.43. The van der Waals surface area contributed by atoms with Gasteiger partial charge < -0.3 is 0 Å². The lowest BCUT2D eigenvalue weighted by molar-refractivity contribution is 0.682. The third kappa shape index (κ3) is 3.53. The first-order valence-corrected chi connectivity index (χ1v) is 7.98. The minimum absolute atomic E-state index is 0.213. The molecule has 1 unspecified atom stereocenters. The summed E-state index contributed by atoms with van der Waals surface area (Å²) in [5.41, 5.74) is 1.16. The number of benzene rings is 2. The zero-order valence-electron chi connectivity index (χ0n) is 10.1. The van der Waals surface area contributed by atoms with Gasteiger partial charge in [-0.05, 0) is 35.9 Å². The Bertz CT molecular complexity index is 725. The van der Waals surface area contributed by atoms with Crippen molar-refractivity contribution < 1.29 is 4.21 Å². The predicted molar refractivity (Wildman–Crippen MR) is 82.7 cm³/mol. The van der Waals surface area contributed by atoms with Gasteiger partial charge in [-0.3, -0.25) is 4.21 Å². The molecule has 0 N–H and O–H groups in total. The van der Waals surface area contributed by atoms with Crippen LogP contribution in [0.15, 0.2) is 41.3 Å². The Hall–Kier alpha value is -1.05. The van der Waals surface area contributed by atoms with Crippen molar-refractivity contribution in [2.75, 3.05) is 0 Å². The van der Waals surface area contributed by atoms with Crippen LogP contribution in [0.5, 0.6) is 0 Å². The molecule has 0 saturated carbocycles. The molecule has 2 rings (SSSR count). The van der Waals surface area contributed by atoms with E-state index >= 15 is 0 Å². The Morgan fingerprint density at radius 1 is 1.05 bits per heavy atom. The summed E-state index contributed by atoms with van der Waals surface area (Å²) in [6, 6.07) is 11.7. The fourth-order valence-corrected chi connectivity index (χ4v) is 3.78. The van der Waals surface area contributed by atoms with E-state index in [4.69, 9.17) is 40.1 Å². The number of nitrogens with zero attached hydrogens (tertiary/aromatic N) is 1. The van der Waals surface area contributed by atoms with E-state index in [-0.39, 0.29) is 5.75 Å². The topological polar surface area (TPSA) is 40.9 Å². The molecular formula is C14H8Cl3NOS. The maximum atomic E-state index is 12.3. The van der Waals surface area contributed by atoms with Crippen molar-refractivity contribution >= 4 is 45.6 Å². The Kier molecular flexibility index (Phi) is 5.06. The maximum Gasteiger partial charge on any atom is 0.0992 e. The molecule has 0 bridgehead atoms. The fourth-order valence-electron chi connectivity index (χ4n) is 1.60. The summed E-state index contributed by atoms with van der Waals surface area (Å²) in [5.74, 6) is 0.213. The third-order valence-electron chi connectivity index (χ3n) is 2.61. The second kappa shape index (κ2) is 6.60. The minimum Gasteiger partial charge on any atom is -0.254 e. The van der Waals surface area contributed by atoms with E-state index in [0.717, 1.165) is 0 Å². The highest BCUT2D eigenvalue weighted by atomic mass is 35.5. The molecule has 0 aliphatic rings. The molecule has 0 amide bonds. The number of nitriles is 1. The summed E-state index contributed by atoms with van der Waals surface area (Å²) in [4.78, 5) is 0.472. The van der Waals surface area contributed by atoms with Gasteiger partial charge in [0.2, 0.25) is 0 Å². The van der Waals surface area contributed by atoms with Gasteiger partial charge in [-0.15, -0.1) is 0 Å². The van der Waals surface area contributed by atoms with Crippen LogP contribution >= 0.6 is 34.8 Å². The normalized spacial score (nSPS) is 11.9. The highest BCUT2D eigenvalue weighted by Crippen LogP contribution is 2.27. The standard InChI is InChI=1S/C14H8Cl3NOS/c15-11-3-4-12(16)14(6-11)20(19)8-10-2-1-9(7-18)5-13(10)17/h1-6H,8H2. The summed E-state index contributed by atoms with van der Waals surface area (Å²) in [7, 11) is -1.36. The van der Waals surface area contributed by atoms with Crippen LogP contribution in [0.4, 0.5) is 0 Å². The monoisotopic (exact) mass is 343 g/mol. The number of halogens is 3. The number of hydrogen-bond acceptors (Lipinski definition) is 2. The lowest BCUT2D eigenvalue weighted by atomic mass is 10.2. The molecule has 1 atom stereocenters. The Balaban J connectivity index is 2.28. The molecule has 0 radical (unpaired) electrons. The maximum absolute atomic E-state index is 12.3. The summed E-state index contributed by atoms with van der Waals surface area (Å²) in [6.07, 6.45) is 0. The van der Waals surface area contributed by atoms with E-state index < -0.39 is 10.8 Å². The van der Waals surface area contributed by atoms with Crippen molar-refractivity contribution in [3.63, 3.8) is 0 Å². The Labute approximate surface area is 134 Å². The van der Waals surface area contributed by atoms with E-state index in [0.29, 0.717) is 31.1 Å². The van der Waals surface area contributed by atoms with Crippen molar-refractivity contribution in [3.05, 3.63) is 62.6 Å². The lowest BCUT2D eigenvalue weighted by Gasteiger charge is -2.07. The van der Waals surface area contributed by atoms with E-state index in [1.54, 1.807) is 36.4 Å². The van der Waals surface area contributed by atoms with E-state index in [2.05, 4.69) is 0 Å². The first-order valence-electron chi connectivity index (χ1n) is 5.53. The van der Waals surface area contributed by atoms with E-state index in [9.17, 15) is 4.21 Å². The first-order chi connectivity index (χ1) is 9.51. The number of hydrogen-bond donors (Lipinski definition) is 0. The van der Waals surface area contributed by atoms with Gasteiger partial charge in [-0.2, -0.15) is 5.26 Å². The average molecular weight is 345 g/mol. The Morgan fingerprint density at radius 2 is 1.80 bits per heavy atom. The molecule has 2 aromatic rings. The van der Waals surface area contributed by atoms with Gasteiger partial charge in [0.15, 0.2) is 0 Å². The molecule has 0 spiro atoms. The molecule has 0 aliphatic heterocycles. The van der Waals surface area contributed by atoms with Crippen LogP contribution in [-0.2, 0) is 16.6 Å². The van der Waals surface area contributed by atoms with E-state index in [1.807, 2.05) is 6.07 Å². The second-order valence-electron chi connectivity index (χ2n) is 3.98. The molecule has 2 nitrogen and oxygen atoms in total. The fraction of sp³-hybridized carbons (Fsp3) is 0.0714. The van der Waals surface area contributed by atoms with Crippen molar-refractivity contribution in [1.29, 1.82) is 5.26 Å². The molecule has 20 heavy (non-hydrogen) atoms. The van der Waals surface area contributed by atoms with Crippen LogP contribution in [0.3, 0.4) is 0 Å². The summed E-state index contributed by atoms with van der Waals surface area (Å²) in [6.45, 7) is 0. The molecular weight excluding hydrogens is 337 g/mol. The largest absolute Gasteiger partial charge is 0.254 e. The smallest absolute Gasteiger partial charge is 0.0992 e. The molecule has 6 heteroatoms. The highest BCUT2D eigenvalue weighted by molar-refractivity contribution is 7.84. The van der Waals surface area contributed by atoms with Gasteiger partial charge >= 0.3 is 0 Å². The van der Waals surface area contributed by atoms with Crippen molar-refractivity contribution in [1.82, 2.24) is 0 Å². The lowest BCUT2D eigenvalue weighted by Crippen LogP contribution is -1.98. The predicted octanol–water partition coefficient (Wildman–Crippen LogP) is 4.83. The molecule has 0 heterocycles. The van der Waals surface area contributed by atoms with Gasteiger partial charge in [0.25, 0.3) is 0 Å². The number of rotatable bonds is 3. The summed E-state index contributed by atoms with van der Waals surface area (Å²) in [5, 5.41) is 10.1. The summed E-state index contributed by atoms with van der Waals surface area (Å²) < 4.78 is 12.3. The van der Waals surface area contributed by atoms with Crippen LogP contribution in [0, 0.1) is 11.3 Å². The van der Waals surface area contributed by atoms with Gasteiger partial charge in [0, 0.05) is 10.0 Å². The van der Waals surface area contributed by atoms with Gasteiger partial charge in [0.05, 0.1) is 38.1 Å². The van der Waals surface area contributed by atoms with E-state index in [1.165, 1.54) is 0 Å². The molecule has 0 aliphatic carbocycles. The van der Waals surface area contributed by atoms with Gasteiger partial charge in [-0.1, -0.05) is 40.9 Å². The van der Waals surface area contributed by atoms with Crippen molar-refractivity contribution in [2.24, 2.45) is 0 Å². The van der Waals surface area contributed by atoms with Crippen LogP contribution in [0.2, 0.25) is 15.1 Å². The first kappa shape index (κ1) is 15.3. The molecule has 102 valence electrons. The van der Waals surface area contributed by atoms with Crippen molar-refractivity contribution in [3.8, 4) is 6.07 Å². The quantitative estimate of drug-likeness (QED) is 0.800. The van der Waals surface area contributed by atoms with Gasteiger partial charge in [-0.25, -0.2) is 0 Å². The SMILES string of the molecule is N#Cc1ccc(CS(=O)c2cc(Cl)ccc2Cl)c(Cl)c1. The van der Waals surface area contributed by atoms with Crippen LogP contribution < -0.4 is 0 Å². The molecule has 0 aromatic heterocycles. The van der Waals surface area contributed by atoms with Crippen LogP contribution in [0.1, 0.15) is 11.1 Å². The highest BCUT2D eigenvalue weighted by Gasteiger charge is 2.12. The minimum atomic E-state index is -1.36. The zero-order valence-corrected chi connectivity index (χ0v) is 13.2. The van der Waals surface area contributed by atoms with Gasteiger partial charge in [0.1, 0.15) is 0 Å². The Morgan fingerprint density at radius 3 is 2.45 bits per heavy atom. The molecule has 2 aromatic carbocycles. The zero-order chi connectivity index (χ0) is 14.7. The van der Waals surface area contributed by atoms with Crippen LogP contribution in [-0.4, -0.2) is 4.21 Å². The second-order valence-corrected chi connectivity index (χ2v) is 6.65. The summed E-state index contributed by atoms with van der Waals surface area (Å²) >= 11 is 18.0.